The number of fused-ring (bicyclic) bond motifs is 2. The van der Waals surface area contributed by atoms with Gasteiger partial charge in [-0.1, -0.05) is 50.2 Å². The third-order valence-electron chi connectivity index (χ3n) is 6.35. The first-order valence-corrected chi connectivity index (χ1v) is 11.1. The average molecular weight is 427 g/mol. The highest BCUT2D eigenvalue weighted by atomic mass is 16.2. The third kappa shape index (κ3) is 3.24. The summed E-state index contributed by atoms with van der Waals surface area (Å²) in [6, 6.07) is 17.9. The Morgan fingerprint density at radius 2 is 1.47 bits per heavy atom. The SMILES string of the molecule is CCN(CC)CCc1cn(C2=C(n3ccc4ccccc43)C(=O)NC2=O)c2ccccc12. The van der Waals surface area contributed by atoms with Gasteiger partial charge in [-0.3, -0.25) is 14.9 Å². The van der Waals surface area contributed by atoms with Crippen LogP contribution in [0.4, 0.5) is 0 Å². The van der Waals surface area contributed by atoms with Gasteiger partial charge in [-0.15, -0.1) is 0 Å². The highest BCUT2D eigenvalue weighted by Gasteiger charge is 2.34. The van der Waals surface area contributed by atoms with Crippen LogP contribution in [0, 0.1) is 0 Å². The fourth-order valence-corrected chi connectivity index (χ4v) is 4.61. The van der Waals surface area contributed by atoms with Crippen molar-refractivity contribution in [2.45, 2.75) is 20.3 Å². The lowest BCUT2D eigenvalue weighted by atomic mass is 10.1. The van der Waals surface area contributed by atoms with Gasteiger partial charge in [0.2, 0.25) is 0 Å². The number of aromatic nitrogens is 2. The molecular formula is C26H26N4O2. The Balaban J connectivity index is 1.69. The average Bonchev–Trinajstić information content (AvgIpc) is 3.47. The topological polar surface area (TPSA) is 59.3 Å². The molecule has 2 aromatic carbocycles. The first kappa shape index (κ1) is 20.3. The van der Waals surface area contributed by atoms with Gasteiger partial charge < -0.3 is 14.0 Å². The van der Waals surface area contributed by atoms with Crippen LogP contribution in [0.15, 0.2) is 67.0 Å². The minimum atomic E-state index is -0.381. The first-order chi connectivity index (χ1) is 15.6. The molecular weight excluding hydrogens is 400 g/mol. The predicted molar refractivity (Wildman–Crippen MR) is 128 cm³/mol. The maximum atomic E-state index is 13.0. The van der Waals surface area contributed by atoms with Gasteiger partial charge in [0, 0.05) is 24.3 Å². The molecule has 2 aromatic heterocycles. The van der Waals surface area contributed by atoms with E-state index < -0.39 is 0 Å². The second kappa shape index (κ2) is 8.13. The summed E-state index contributed by atoms with van der Waals surface area (Å²) in [6.07, 6.45) is 4.75. The van der Waals surface area contributed by atoms with E-state index in [1.165, 1.54) is 5.56 Å². The fourth-order valence-electron chi connectivity index (χ4n) is 4.61. The molecule has 5 rings (SSSR count). The molecule has 0 unspecified atom stereocenters. The number of likely N-dealkylation sites (N-methyl/N-ethyl adjacent to an activating group) is 1. The van der Waals surface area contributed by atoms with Gasteiger partial charge in [-0.25, -0.2) is 0 Å². The van der Waals surface area contributed by atoms with E-state index in [0.717, 1.165) is 47.9 Å². The van der Waals surface area contributed by atoms with Gasteiger partial charge in [0.25, 0.3) is 11.8 Å². The lowest BCUT2D eigenvalue weighted by Gasteiger charge is -2.17. The molecule has 1 N–H and O–H groups in total. The first-order valence-electron chi connectivity index (χ1n) is 11.1. The number of nitrogens with zero attached hydrogens (tertiary/aromatic N) is 3. The Morgan fingerprint density at radius 1 is 0.812 bits per heavy atom. The van der Waals surface area contributed by atoms with E-state index in [-0.39, 0.29) is 11.8 Å². The third-order valence-corrected chi connectivity index (χ3v) is 6.35. The van der Waals surface area contributed by atoms with Crippen molar-refractivity contribution in [3.8, 4) is 0 Å². The molecule has 6 nitrogen and oxygen atoms in total. The molecule has 4 aromatic rings. The van der Waals surface area contributed by atoms with E-state index >= 15 is 0 Å². The van der Waals surface area contributed by atoms with Crippen molar-refractivity contribution in [3.05, 3.63) is 72.6 Å². The summed E-state index contributed by atoms with van der Waals surface area (Å²) in [6.45, 7) is 7.28. The van der Waals surface area contributed by atoms with Crippen LogP contribution in [0.2, 0.25) is 0 Å². The zero-order valence-corrected chi connectivity index (χ0v) is 18.3. The highest BCUT2D eigenvalue weighted by Crippen LogP contribution is 2.32. The van der Waals surface area contributed by atoms with Crippen molar-refractivity contribution in [1.29, 1.82) is 0 Å². The molecule has 0 fully saturated rings. The van der Waals surface area contributed by atoms with Crippen LogP contribution in [-0.4, -0.2) is 45.5 Å². The van der Waals surface area contributed by atoms with Crippen molar-refractivity contribution in [3.63, 3.8) is 0 Å². The zero-order valence-electron chi connectivity index (χ0n) is 18.3. The summed E-state index contributed by atoms with van der Waals surface area (Å²) in [5, 5.41) is 4.63. The van der Waals surface area contributed by atoms with Gasteiger partial charge in [-0.05, 0) is 48.7 Å². The number of carbonyl (C=O) groups excluding carboxylic acids is 2. The van der Waals surface area contributed by atoms with Crippen LogP contribution in [0.25, 0.3) is 33.2 Å². The summed E-state index contributed by atoms with van der Waals surface area (Å²) in [5.41, 5.74) is 3.71. The molecule has 0 saturated carbocycles. The van der Waals surface area contributed by atoms with Crippen molar-refractivity contribution < 1.29 is 9.59 Å². The molecule has 1 aliphatic rings. The largest absolute Gasteiger partial charge is 0.310 e. The molecule has 3 heterocycles. The van der Waals surface area contributed by atoms with Crippen LogP contribution < -0.4 is 5.32 Å². The maximum absolute atomic E-state index is 13.0. The van der Waals surface area contributed by atoms with E-state index in [0.29, 0.717) is 11.4 Å². The number of para-hydroxylation sites is 2. The second-order valence-corrected chi connectivity index (χ2v) is 8.04. The summed E-state index contributed by atoms with van der Waals surface area (Å²) in [5.74, 6) is -0.757. The number of benzene rings is 2. The van der Waals surface area contributed by atoms with Gasteiger partial charge in [-0.2, -0.15) is 0 Å². The summed E-state index contributed by atoms with van der Waals surface area (Å²) in [7, 11) is 0. The zero-order chi connectivity index (χ0) is 22.2. The molecule has 0 saturated heterocycles. The molecule has 0 spiro atoms. The Kier molecular flexibility index (Phi) is 5.15. The van der Waals surface area contributed by atoms with Crippen LogP contribution in [-0.2, 0) is 16.0 Å². The van der Waals surface area contributed by atoms with Crippen LogP contribution >= 0.6 is 0 Å². The Bertz CT molecular complexity index is 1370. The Morgan fingerprint density at radius 3 is 2.22 bits per heavy atom. The Hall–Kier alpha value is -3.64. The standard InChI is InChI=1S/C26H26N4O2/c1-3-28(4-2)15-13-19-17-30(22-12-8-6-10-20(19)22)24-23(25(31)27-26(24)32)29-16-14-18-9-5-7-11-21(18)29/h5-12,14,16-17H,3-4,13,15H2,1-2H3,(H,27,31,32). The van der Waals surface area contributed by atoms with Crippen molar-refractivity contribution >= 4 is 45.0 Å². The van der Waals surface area contributed by atoms with Crippen molar-refractivity contribution in [1.82, 2.24) is 19.4 Å². The van der Waals surface area contributed by atoms with E-state index in [4.69, 9.17) is 0 Å². The minimum Gasteiger partial charge on any atom is -0.310 e. The molecule has 0 aliphatic carbocycles. The number of hydrogen-bond donors (Lipinski definition) is 1. The normalized spacial score (nSPS) is 14.3. The van der Waals surface area contributed by atoms with Crippen LogP contribution in [0.3, 0.4) is 0 Å². The minimum absolute atomic E-state index is 0.354. The molecule has 0 radical (unpaired) electrons. The van der Waals surface area contributed by atoms with Gasteiger partial charge in [0.1, 0.15) is 11.4 Å². The lowest BCUT2D eigenvalue weighted by molar-refractivity contribution is -0.123. The number of imide groups is 1. The van der Waals surface area contributed by atoms with E-state index in [1.54, 1.807) is 0 Å². The molecule has 6 heteroatoms. The van der Waals surface area contributed by atoms with E-state index in [9.17, 15) is 9.59 Å². The number of carbonyl (C=O) groups is 2. The molecule has 162 valence electrons. The van der Waals surface area contributed by atoms with Gasteiger partial charge >= 0.3 is 0 Å². The number of nitrogens with one attached hydrogen (secondary N) is 1. The summed E-state index contributed by atoms with van der Waals surface area (Å²) in [4.78, 5) is 28.3. The molecule has 2 amide bonds. The summed E-state index contributed by atoms with van der Waals surface area (Å²) < 4.78 is 3.70. The number of rotatable bonds is 7. The Labute approximate surface area is 186 Å². The molecule has 1 aliphatic heterocycles. The molecule has 32 heavy (non-hydrogen) atoms. The van der Waals surface area contributed by atoms with Crippen molar-refractivity contribution in [2.75, 3.05) is 19.6 Å². The predicted octanol–water partition coefficient (Wildman–Crippen LogP) is 3.96. The smallest absolute Gasteiger partial charge is 0.277 e. The van der Waals surface area contributed by atoms with Crippen LogP contribution in [0.5, 0.6) is 0 Å². The second-order valence-electron chi connectivity index (χ2n) is 8.04. The van der Waals surface area contributed by atoms with Gasteiger partial charge in [0.05, 0.1) is 11.0 Å². The number of amides is 2. The molecule has 0 atom stereocenters. The maximum Gasteiger partial charge on any atom is 0.277 e. The fraction of sp³-hybridized carbons (Fsp3) is 0.231. The van der Waals surface area contributed by atoms with Gasteiger partial charge in [0.15, 0.2) is 0 Å². The van der Waals surface area contributed by atoms with E-state index in [1.807, 2.05) is 70.1 Å². The monoisotopic (exact) mass is 426 g/mol. The number of hydrogen-bond acceptors (Lipinski definition) is 3. The molecule has 0 bridgehead atoms. The highest BCUT2D eigenvalue weighted by molar-refractivity contribution is 6.44. The summed E-state index contributed by atoms with van der Waals surface area (Å²) >= 11 is 0. The van der Waals surface area contributed by atoms with Crippen LogP contribution in [0.1, 0.15) is 19.4 Å². The van der Waals surface area contributed by atoms with E-state index in [2.05, 4.69) is 30.1 Å². The lowest BCUT2D eigenvalue weighted by Crippen LogP contribution is -2.25. The quantitative estimate of drug-likeness (QED) is 0.455. The van der Waals surface area contributed by atoms with Crippen molar-refractivity contribution in [2.24, 2.45) is 0 Å².